The van der Waals surface area contributed by atoms with Crippen LogP contribution in [0.1, 0.15) is 45.0 Å². The fraction of sp³-hybridized carbons (Fsp3) is 0.474. The van der Waals surface area contributed by atoms with Gasteiger partial charge in [0.15, 0.2) is 0 Å². The first kappa shape index (κ1) is 17.8. The molecule has 3 rings (SSSR count). The summed E-state index contributed by atoms with van der Waals surface area (Å²) in [7, 11) is 0. The second kappa shape index (κ2) is 7.08. The van der Waals surface area contributed by atoms with E-state index >= 15 is 0 Å². The zero-order valence-corrected chi connectivity index (χ0v) is 15.8. The van der Waals surface area contributed by atoms with E-state index in [1.54, 1.807) is 6.20 Å². The van der Waals surface area contributed by atoms with Crippen molar-refractivity contribution in [2.24, 2.45) is 0 Å². The monoisotopic (exact) mass is 360 g/mol. The number of urea groups is 1. The summed E-state index contributed by atoms with van der Waals surface area (Å²) in [6.07, 6.45) is 5.83. The highest BCUT2D eigenvalue weighted by molar-refractivity contribution is 6.31. The van der Waals surface area contributed by atoms with Crippen molar-refractivity contribution in [2.75, 3.05) is 0 Å². The van der Waals surface area contributed by atoms with Crippen LogP contribution in [0.5, 0.6) is 0 Å². The van der Waals surface area contributed by atoms with Crippen LogP contribution in [-0.4, -0.2) is 32.1 Å². The average molecular weight is 361 g/mol. The lowest BCUT2D eigenvalue weighted by Gasteiger charge is -2.28. The summed E-state index contributed by atoms with van der Waals surface area (Å²) in [6, 6.07) is 8.09. The number of amides is 2. The maximum absolute atomic E-state index is 12.6. The molecule has 1 N–H and O–H groups in total. The summed E-state index contributed by atoms with van der Waals surface area (Å²) in [5.41, 5.74) is 0.789. The van der Waals surface area contributed by atoms with E-state index in [9.17, 15) is 4.79 Å². The van der Waals surface area contributed by atoms with Crippen LogP contribution in [0.4, 0.5) is 4.79 Å². The number of halogens is 1. The third-order valence-corrected chi connectivity index (χ3v) is 4.51. The molecule has 25 heavy (non-hydrogen) atoms. The highest BCUT2D eigenvalue weighted by atomic mass is 35.5. The van der Waals surface area contributed by atoms with Gasteiger partial charge in [0.05, 0.1) is 13.1 Å². The highest BCUT2D eigenvalue weighted by Crippen LogP contribution is 2.28. The Hall–Kier alpha value is -2.01. The number of nitrogens with zero attached hydrogens (tertiary/aromatic N) is 3. The molecular formula is C19H25ClN4O. The number of nitrogens with one attached hydrogen (secondary N) is 1. The summed E-state index contributed by atoms with van der Waals surface area (Å²) in [5, 5.41) is 3.80. The number of carbonyl (C=O) groups excluding carboxylic acids is 1. The number of rotatable bonds is 5. The molecule has 1 fully saturated rings. The van der Waals surface area contributed by atoms with E-state index in [1.165, 1.54) is 0 Å². The second-order valence-corrected chi connectivity index (χ2v) is 8.01. The largest absolute Gasteiger partial charge is 0.333 e. The Labute approximate surface area is 154 Å². The maximum atomic E-state index is 12.6. The molecule has 0 saturated heterocycles. The van der Waals surface area contributed by atoms with Gasteiger partial charge >= 0.3 is 6.03 Å². The Bertz CT molecular complexity index is 746. The molecule has 0 spiro atoms. The van der Waals surface area contributed by atoms with Gasteiger partial charge in [0.2, 0.25) is 0 Å². The number of hydrogen-bond acceptors (Lipinski definition) is 2. The third kappa shape index (κ3) is 4.75. The SMILES string of the molecule is CC(C)(C)NC(=O)N(Cc1nccn1Cc1ccccc1Cl)C1CC1. The van der Waals surface area contributed by atoms with Gasteiger partial charge in [-0.05, 0) is 45.2 Å². The van der Waals surface area contributed by atoms with Crippen LogP contribution in [0.3, 0.4) is 0 Å². The number of imidazole rings is 1. The van der Waals surface area contributed by atoms with E-state index in [0.717, 1.165) is 29.3 Å². The number of benzene rings is 1. The van der Waals surface area contributed by atoms with Crippen LogP contribution in [0.2, 0.25) is 5.02 Å². The Morgan fingerprint density at radius 2 is 2.08 bits per heavy atom. The van der Waals surface area contributed by atoms with E-state index < -0.39 is 0 Å². The van der Waals surface area contributed by atoms with Crippen LogP contribution < -0.4 is 5.32 Å². The molecule has 134 valence electrons. The van der Waals surface area contributed by atoms with Crippen LogP contribution in [0.15, 0.2) is 36.7 Å². The first-order valence-electron chi connectivity index (χ1n) is 8.66. The number of aromatic nitrogens is 2. The predicted molar refractivity (Wildman–Crippen MR) is 99.6 cm³/mol. The molecule has 2 aromatic rings. The molecule has 5 nitrogen and oxygen atoms in total. The number of hydrogen-bond donors (Lipinski definition) is 1. The molecule has 1 aliphatic rings. The summed E-state index contributed by atoms with van der Waals surface area (Å²) in [5.74, 6) is 0.871. The molecule has 6 heteroatoms. The average Bonchev–Trinajstić information content (AvgIpc) is 3.26. The molecule has 1 aromatic heterocycles. The summed E-state index contributed by atoms with van der Waals surface area (Å²) in [6.45, 7) is 7.13. The first-order chi connectivity index (χ1) is 11.8. The molecule has 1 aliphatic carbocycles. The molecule has 0 atom stereocenters. The Morgan fingerprint density at radius 3 is 2.72 bits per heavy atom. The van der Waals surface area contributed by atoms with Crippen LogP contribution in [0, 0.1) is 0 Å². The normalized spacial score (nSPS) is 14.4. The molecule has 2 amide bonds. The van der Waals surface area contributed by atoms with Crippen molar-refractivity contribution in [2.45, 2.75) is 58.3 Å². The minimum atomic E-state index is -0.253. The molecule has 0 radical (unpaired) electrons. The van der Waals surface area contributed by atoms with Crippen molar-refractivity contribution in [1.29, 1.82) is 0 Å². The van der Waals surface area contributed by atoms with Crippen molar-refractivity contribution in [3.63, 3.8) is 0 Å². The quantitative estimate of drug-likeness (QED) is 0.874. The second-order valence-electron chi connectivity index (χ2n) is 7.60. The Balaban J connectivity index is 1.75. The fourth-order valence-electron chi connectivity index (χ4n) is 2.74. The van der Waals surface area contributed by atoms with Gasteiger partial charge in [-0.3, -0.25) is 0 Å². The van der Waals surface area contributed by atoms with Gasteiger partial charge < -0.3 is 14.8 Å². The molecule has 0 bridgehead atoms. The highest BCUT2D eigenvalue weighted by Gasteiger charge is 2.34. The first-order valence-corrected chi connectivity index (χ1v) is 9.03. The van der Waals surface area contributed by atoms with E-state index in [1.807, 2.05) is 56.1 Å². The zero-order chi connectivity index (χ0) is 18.0. The van der Waals surface area contributed by atoms with Gasteiger partial charge in [0.1, 0.15) is 5.82 Å². The summed E-state index contributed by atoms with van der Waals surface area (Å²) >= 11 is 6.27. The van der Waals surface area contributed by atoms with Crippen molar-refractivity contribution in [3.05, 3.63) is 53.1 Å². The third-order valence-electron chi connectivity index (χ3n) is 4.14. The zero-order valence-electron chi connectivity index (χ0n) is 15.0. The van der Waals surface area contributed by atoms with Gasteiger partial charge in [-0.15, -0.1) is 0 Å². The van der Waals surface area contributed by atoms with Gasteiger partial charge in [0.25, 0.3) is 0 Å². The molecule has 1 heterocycles. The van der Waals surface area contributed by atoms with Crippen molar-refractivity contribution in [1.82, 2.24) is 19.8 Å². The van der Waals surface area contributed by atoms with E-state index in [2.05, 4.69) is 14.9 Å². The Morgan fingerprint density at radius 1 is 1.36 bits per heavy atom. The minimum Gasteiger partial charge on any atom is -0.333 e. The van der Waals surface area contributed by atoms with Crippen LogP contribution >= 0.6 is 11.6 Å². The topological polar surface area (TPSA) is 50.2 Å². The molecule has 0 aliphatic heterocycles. The van der Waals surface area contributed by atoms with Crippen molar-refractivity contribution < 1.29 is 4.79 Å². The standard InChI is InChI=1S/C19H25ClN4O/c1-19(2,3)22-18(25)24(15-8-9-15)13-17-21-10-11-23(17)12-14-6-4-5-7-16(14)20/h4-7,10-11,15H,8-9,12-13H2,1-3H3,(H,22,25). The van der Waals surface area contributed by atoms with Gasteiger partial charge in [-0.25, -0.2) is 9.78 Å². The Kier molecular flexibility index (Phi) is 5.04. The molecule has 1 aromatic carbocycles. The van der Waals surface area contributed by atoms with E-state index in [-0.39, 0.29) is 11.6 Å². The van der Waals surface area contributed by atoms with Gasteiger partial charge in [0, 0.05) is 29.0 Å². The summed E-state index contributed by atoms with van der Waals surface area (Å²) < 4.78 is 2.06. The van der Waals surface area contributed by atoms with Gasteiger partial charge in [-0.2, -0.15) is 0 Å². The molecular weight excluding hydrogens is 336 g/mol. The van der Waals surface area contributed by atoms with Crippen molar-refractivity contribution in [3.8, 4) is 0 Å². The van der Waals surface area contributed by atoms with Crippen LogP contribution in [0.25, 0.3) is 0 Å². The van der Waals surface area contributed by atoms with Crippen molar-refractivity contribution >= 4 is 17.6 Å². The smallest absolute Gasteiger partial charge is 0.318 e. The number of carbonyl (C=O) groups is 1. The lowest BCUT2D eigenvalue weighted by molar-refractivity contribution is 0.180. The molecule has 0 unspecified atom stereocenters. The lowest BCUT2D eigenvalue weighted by Crippen LogP contribution is -2.49. The van der Waals surface area contributed by atoms with Crippen LogP contribution in [-0.2, 0) is 13.1 Å². The minimum absolute atomic E-state index is 0.0257. The summed E-state index contributed by atoms with van der Waals surface area (Å²) in [4.78, 5) is 19.0. The lowest BCUT2D eigenvalue weighted by atomic mass is 10.1. The maximum Gasteiger partial charge on any atom is 0.318 e. The predicted octanol–water partition coefficient (Wildman–Crippen LogP) is 4.06. The van der Waals surface area contributed by atoms with E-state index in [0.29, 0.717) is 19.1 Å². The fourth-order valence-corrected chi connectivity index (χ4v) is 2.94. The van der Waals surface area contributed by atoms with E-state index in [4.69, 9.17) is 11.6 Å². The van der Waals surface area contributed by atoms with Gasteiger partial charge in [-0.1, -0.05) is 29.8 Å². The molecule has 1 saturated carbocycles.